The highest BCUT2D eigenvalue weighted by molar-refractivity contribution is 6.07. The summed E-state index contributed by atoms with van der Waals surface area (Å²) in [5.41, 5.74) is 4.78. The molecule has 0 radical (unpaired) electrons. The van der Waals surface area contributed by atoms with Crippen LogP contribution in [0.4, 0.5) is 10.5 Å². The molecule has 0 unspecified atom stereocenters. The van der Waals surface area contributed by atoms with Gasteiger partial charge in [-0.05, 0) is 48.2 Å². The minimum Gasteiger partial charge on any atom is -0.334 e. The maximum Gasteiger partial charge on any atom is 0.315 e. The third-order valence-electron chi connectivity index (χ3n) is 5.35. The van der Waals surface area contributed by atoms with Crippen molar-refractivity contribution in [3.05, 3.63) is 101 Å². The highest BCUT2D eigenvalue weighted by atomic mass is 16.2. The second-order valence-electron chi connectivity index (χ2n) is 7.58. The van der Waals surface area contributed by atoms with E-state index in [0.29, 0.717) is 18.7 Å². The molecule has 0 saturated heterocycles. The Morgan fingerprint density at radius 3 is 2.20 bits per heavy atom. The first kappa shape index (κ1) is 19.7. The Morgan fingerprint density at radius 2 is 1.50 bits per heavy atom. The molecule has 4 rings (SSSR count). The molecule has 152 valence electrons. The zero-order valence-corrected chi connectivity index (χ0v) is 17.0. The van der Waals surface area contributed by atoms with Crippen molar-refractivity contribution in [2.45, 2.75) is 32.5 Å². The molecule has 3 amide bonds. The maximum atomic E-state index is 13.1. The SMILES string of the molecule is C[C@H]1Cc2ccc(CNC(=O)NCc3ccccc3)cc2N1C(=O)c1ccccc1. The van der Waals surface area contributed by atoms with Crippen LogP contribution in [-0.4, -0.2) is 18.0 Å². The van der Waals surface area contributed by atoms with Crippen LogP contribution in [0.2, 0.25) is 0 Å². The van der Waals surface area contributed by atoms with Gasteiger partial charge in [-0.1, -0.05) is 60.7 Å². The van der Waals surface area contributed by atoms with Gasteiger partial charge in [0.15, 0.2) is 0 Å². The number of urea groups is 1. The largest absolute Gasteiger partial charge is 0.334 e. The van der Waals surface area contributed by atoms with Crippen LogP contribution in [0.5, 0.6) is 0 Å². The van der Waals surface area contributed by atoms with Crippen molar-refractivity contribution in [1.82, 2.24) is 10.6 Å². The van der Waals surface area contributed by atoms with Gasteiger partial charge in [0.05, 0.1) is 0 Å². The minimum atomic E-state index is -0.218. The van der Waals surface area contributed by atoms with Gasteiger partial charge < -0.3 is 15.5 Å². The Kier molecular flexibility index (Phi) is 5.80. The Hall–Kier alpha value is -3.60. The number of rotatable bonds is 5. The summed E-state index contributed by atoms with van der Waals surface area (Å²) in [5.74, 6) is 0.00700. The van der Waals surface area contributed by atoms with Crippen molar-refractivity contribution >= 4 is 17.6 Å². The zero-order chi connectivity index (χ0) is 20.9. The molecule has 0 spiro atoms. The van der Waals surface area contributed by atoms with Gasteiger partial charge in [-0.3, -0.25) is 4.79 Å². The van der Waals surface area contributed by atoms with E-state index in [1.165, 1.54) is 0 Å². The molecule has 1 aliphatic heterocycles. The lowest BCUT2D eigenvalue weighted by atomic mass is 10.1. The third kappa shape index (κ3) is 4.35. The predicted molar refractivity (Wildman–Crippen MR) is 118 cm³/mol. The summed E-state index contributed by atoms with van der Waals surface area (Å²) in [6.45, 7) is 2.94. The van der Waals surface area contributed by atoms with Crippen LogP contribution >= 0.6 is 0 Å². The van der Waals surface area contributed by atoms with Gasteiger partial charge >= 0.3 is 6.03 Å². The molecule has 0 aromatic heterocycles. The Bertz CT molecular complexity index is 1030. The number of carbonyl (C=O) groups is 2. The Balaban J connectivity index is 1.41. The number of amides is 3. The van der Waals surface area contributed by atoms with E-state index in [-0.39, 0.29) is 18.0 Å². The lowest BCUT2D eigenvalue weighted by Crippen LogP contribution is -2.36. The van der Waals surface area contributed by atoms with Crippen LogP contribution in [0, 0.1) is 0 Å². The summed E-state index contributed by atoms with van der Waals surface area (Å²) in [5, 5.41) is 5.76. The van der Waals surface area contributed by atoms with Gasteiger partial charge in [0.25, 0.3) is 5.91 Å². The lowest BCUT2D eigenvalue weighted by Gasteiger charge is -2.23. The zero-order valence-electron chi connectivity index (χ0n) is 17.0. The molecule has 1 atom stereocenters. The van der Waals surface area contributed by atoms with Crippen molar-refractivity contribution in [2.24, 2.45) is 0 Å². The van der Waals surface area contributed by atoms with E-state index in [9.17, 15) is 9.59 Å². The number of fused-ring (bicyclic) bond motifs is 1. The Labute approximate surface area is 176 Å². The monoisotopic (exact) mass is 399 g/mol. The van der Waals surface area contributed by atoms with Gasteiger partial charge in [0.2, 0.25) is 0 Å². The molecule has 5 nitrogen and oxygen atoms in total. The highest BCUT2D eigenvalue weighted by Crippen LogP contribution is 2.34. The molecule has 0 aliphatic carbocycles. The van der Waals surface area contributed by atoms with E-state index in [0.717, 1.165) is 28.8 Å². The van der Waals surface area contributed by atoms with Crippen molar-refractivity contribution < 1.29 is 9.59 Å². The first-order chi connectivity index (χ1) is 14.6. The number of nitrogens with zero attached hydrogens (tertiary/aromatic N) is 1. The third-order valence-corrected chi connectivity index (χ3v) is 5.35. The predicted octanol–water partition coefficient (Wildman–Crippen LogP) is 4.28. The number of anilines is 1. The first-order valence-electron chi connectivity index (χ1n) is 10.2. The highest BCUT2D eigenvalue weighted by Gasteiger charge is 2.31. The van der Waals surface area contributed by atoms with E-state index in [1.807, 2.05) is 77.7 Å². The standard InChI is InChI=1S/C25H25N3O2/c1-18-14-22-13-12-20(17-27-25(30)26-16-19-8-4-2-5-9-19)15-23(22)28(18)24(29)21-10-6-3-7-11-21/h2-13,15,18H,14,16-17H2,1H3,(H2,26,27,30)/t18-/m0/s1. The summed E-state index contributed by atoms with van der Waals surface area (Å²) < 4.78 is 0. The number of carbonyl (C=O) groups excluding carboxylic acids is 2. The van der Waals surface area contributed by atoms with Crippen LogP contribution in [-0.2, 0) is 19.5 Å². The molecule has 0 fully saturated rings. The number of nitrogens with one attached hydrogen (secondary N) is 2. The number of hydrogen-bond acceptors (Lipinski definition) is 2. The van der Waals surface area contributed by atoms with Crippen molar-refractivity contribution in [3.8, 4) is 0 Å². The summed E-state index contributed by atoms with van der Waals surface area (Å²) in [4.78, 5) is 27.1. The van der Waals surface area contributed by atoms with Crippen LogP contribution in [0.3, 0.4) is 0 Å². The lowest BCUT2D eigenvalue weighted by molar-refractivity contribution is 0.0981. The van der Waals surface area contributed by atoms with Gasteiger partial charge in [0.1, 0.15) is 0 Å². The second-order valence-corrected chi connectivity index (χ2v) is 7.58. The number of benzene rings is 3. The molecule has 0 bridgehead atoms. The van der Waals surface area contributed by atoms with E-state index < -0.39 is 0 Å². The summed E-state index contributed by atoms with van der Waals surface area (Å²) >= 11 is 0. The van der Waals surface area contributed by atoms with Gasteiger partial charge in [-0.15, -0.1) is 0 Å². The molecular formula is C25H25N3O2. The molecule has 0 saturated carbocycles. The fourth-order valence-corrected chi connectivity index (χ4v) is 3.82. The Morgan fingerprint density at radius 1 is 0.867 bits per heavy atom. The van der Waals surface area contributed by atoms with E-state index in [1.54, 1.807) is 0 Å². The van der Waals surface area contributed by atoms with Crippen molar-refractivity contribution in [1.29, 1.82) is 0 Å². The normalized spacial score (nSPS) is 14.8. The first-order valence-corrected chi connectivity index (χ1v) is 10.2. The van der Waals surface area contributed by atoms with Crippen LogP contribution in [0.15, 0.2) is 78.9 Å². The smallest absolute Gasteiger partial charge is 0.315 e. The molecule has 5 heteroatoms. The van der Waals surface area contributed by atoms with Gasteiger partial charge in [-0.25, -0.2) is 4.79 Å². The van der Waals surface area contributed by atoms with Crippen LogP contribution in [0.25, 0.3) is 0 Å². The molecular weight excluding hydrogens is 374 g/mol. The van der Waals surface area contributed by atoms with Crippen LogP contribution < -0.4 is 15.5 Å². The summed E-state index contributed by atoms with van der Waals surface area (Å²) in [7, 11) is 0. The van der Waals surface area contributed by atoms with E-state index in [2.05, 4.69) is 23.6 Å². The van der Waals surface area contributed by atoms with Crippen molar-refractivity contribution in [3.63, 3.8) is 0 Å². The summed E-state index contributed by atoms with van der Waals surface area (Å²) in [6, 6.07) is 25.1. The van der Waals surface area contributed by atoms with Crippen molar-refractivity contribution in [2.75, 3.05) is 4.90 Å². The molecule has 1 aliphatic rings. The molecule has 30 heavy (non-hydrogen) atoms. The van der Waals surface area contributed by atoms with Gasteiger partial charge in [0, 0.05) is 30.4 Å². The van der Waals surface area contributed by atoms with E-state index >= 15 is 0 Å². The summed E-state index contributed by atoms with van der Waals surface area (Å²) in [6.07, 6.45) is 0.833. The number of hydrogen-bond donors (Lipinski definition) is 2. The molecule has 3 aromatic rings. The fourth-order valence-electron chi connectivity index (χ4n) is 3.82. The molecule has 3 aromatic carbocycles. The van der Waals surface area contributed by atoms with E-state index in [4.69, 9.17) is 0 Å². The fraction of sp³-hybridized carbons (Fsp3) is 0.200. The molecule has 1 heterocycles. The average molecular weight is 399 g/mol. The van der Waals surface area contributed by atoms with Crippen LogP contribution in [0.1, 0.15) is 34.0 Å². The quantitative estimate of drug-likeness (QED) is 0.673. The molecule has 2 N–H and O–H groups in total. The second kappa shape index (κ2) is 8.82. The topological polar surface area (TPSA) is 61.4 Å². The maximum absolute atomic E-state index is 13.1. The minimum absolute atomic E-state index is 0.00700. The van der Waals surface area contributed by atoms with Gasteiger partial charge in [-0.2, -0.15) is 0 Å². The average Bonchev–Trinajstić information content (AvgIpc) is 3.12.